The van der Waals surface area contributed by atoms with Crippen LogP contribution in [0.15, 0.2) is 47.6 Å². The molecule has 0 heterocycles. The topological polar surface area (TPSA) is 52.1 Å². The second kappa shape index (κ2) is 9.45. The van der Waals surface area contributed by atoms with Gasteiger partial charge < -0.3 is 14.2 Å². The Morgan fingerprint density at radius 3 is 2.46 bits per heavy atom. The van der Waals surface area contributed by atoms with Gasteiger partial charge in [-0.15, -0.1) is 0 Å². The molecule has 0 saturated heterocycles. The van der Waals surface area contributed by atoms with E-state index >= 15 is 0 Å². The van der Waals surface area contributed by atoms with Gasteiger partial charge in [0.25, 0.3) is 0 Å². The maximum atomic E-state index is 5.69. The van der Waals surface area contributed by atoms with Crippen LogP contribution in [0.3, 0.4) is 0 Å². The van der Waals surface area contributed by atoms with Gasteiger partial charge in [-0.05, 0) is 61.4 Å². The average Bonchev–Trinajstić information content (AvgIpc) is 2.62. The number of rotatable bonds is 9. The minimum Gasteiger partial charge on any atom is -0.497 e. The van der Waals surface area contributed by atoms with Crippen molar-refractivity contribution in [1.29, 1.82) is 0 Å². The second-order valence-electron chi connectivity index (χ2n) is 5.09. The molecule has 5 nitrogen and oxygen atoms in total. The molecule has 0 unspecified atom stereocenters. The second-order valence-corrected chi connectivity index (χ2v) is 5.09. The number of nitrogens with one attached hydrogen (secondary N) is 1. The van der Waals surface area contributed by atoms with E-state index < -0.39 is 0 Å². The van der Waals surface area contributed by atoms with Crippen LogP contribution >= 0.6 is 0 Å². The molecule has 24 heavy (non-hydrogen) atoms. The van der Waals surface area contributed by atoms with Crippen molar-refractivity contribution in [2.45, 2.75) is 20.3 Å². The molecule has 0 bridgehead atoms. The zero-order valence-corrected chi connectivity index (χ0v) is 14.4. The Labute approximate surface area is 143 Å². The van der Waals surface area contributed by atoms with Gasteiger partial charge in [0.1, 0.15) is 5.75 Å². The Hall–Kier alpha value is -2.69. The monoisotopic (exact) mass is 328 g/mol. The molecule has 0 saturated carbocycles. The summed E-state index contributed by atoms with van der Waals surface area (Å²) in [4.78, 5) is 0. The highest BCUT2D eigenvalue weighted by Gasteiger charge is 2.05. The number of hydrazone groups is 1. The number of methoxy groups -OCH3 is 1. The van der Waals surface area contributed by atoms with Gasteiger partial charge in [0.15, 0.2) is 11.5 Å². The van der Waals surface area contributed by atoms with Crippen LogP contribution in [0.1, 0.15) is 25.8 Å². The van der Waals surface area contributed by atoms with Gasteiger partial charge in [-0.3, -0.25) is 5.43 Å². The predicted molar refractivity (Wildman–Crippen MR) is 97.6 cm³/mol. The van der Waals surface area contributed by atoms with Gasteiger partial charge in [-0.25, -0.2) is 0 Å². The molecule has 5 heteroatoms. The fourth-order valence-electron chi connectivity index (χ4n) is 2.05. The van der Waals surface area contributed by atoms with Gasteiger partial charge in [0.05, 0.1) is 32.2 Å². The van der Waals surface area contributed by atoms with Crippen molar-refractivity contribution in [3.8, 4) is 17.2 Å². The van der Waals surface area contributed by atoms with Crippen LogP contribution in [-0.2, 0) is 0 Å². The SMILES string of the molecule is CCCOc1ccc(/C=N/Nc2ccc(OC)cc2)cc1OCC. The van der Waals surface area contributed by atoms with Crippen LogP contribution in [0.25, 0.3) is 0 Å². The third kappa shape index (κ3) is 5.19. The first-order chi connectivity index (χ1) is 11.8. The van der Waals surface area contributed by atoms with Crippen LogP contribution in [-0.4, -0.2) is 26.5 Å². The van der Waals surface area contributed by atoms with Crippen molar-refractivity contribution in [3.05, 3.63) is 48.0 Å². The van der Waals surface area contributed by atoms with Crippen LogP contribution in [0.4, 0.5) is 5.69 Å². The van der Waals surface area contributed by atoms with Crippen LogP contribution < -0.4 is 19.6 Å². The lowest BCUT2D eigenvalue weighted by molar-refractivity contribution is 0.277. The lowest BCUT2D eigenvalue weighted by Crippen LogP contribution is -2.00. The van der Waals surface area contributed by atoms with E-state index in [4.69, 9.17) is 14.2 Å². The van der Waals surface area contributed by atoms with Gasteiger partial charge in [-0.1, -0.05) is 6.92 Å². The Morgan fingerprint density at radius 2 is 1.79 bits per heavy atom. The molecular formula is C19H24N2O3. The van der Waals surface area contributed by atoms with Crippen LogP contribution in [0.2, 0.25) is 0 Å². The zero-order valence-electron chi connectivity index (χ0n) is 14.4. The maximum Gasteiger partial charge on any atom is 0.161 e. The smallest absolute Gasteiger partial charge is 0.161 e. The highest BCUT2D eigenvalue weighted by molar-refractivity contribution is 5.81. The fourth-order valence-corrected chi connectivity index (χ4v) is 2.05. The molecule has 2 aromatic carbocycles. The van der Waals surface area contributed by atoms with E-state index in [2.05, 4.69) is 17.5 Å². The van der Waals surface area contributed by atoms with E-state index in [0.717, 1.165) is 34.9 Å². The Bertz CT molecular complexity index is 654. The highest BCUT2D eigenvalue weighted by Crippen LogP contribution is 2.28. The summed E-state index contributed by atoms with van der Waals surface area (Å²) in [5.74, 6) is 2.31. The molecule has 0 aliphatic heterocycles. The molecule has 128 valence electrons. The number of ether oxygens (including phenoxy) is 3. The first-order valence-electron chi connectivity index (χ1n) is 8.09. The summed E-state index contributed by atoms with van der Waals surface area (Å²) >= 11 is 0. The number of benzene rings is 2. The minimum atomic E-state index is 0.590. The number of hydrogen-bond acceptors (Lipinski definition) is 5. The Kier molecular flexibility index (Phi) is 6.95. The normalized spacial score (nSPS) is 10.6. The third-order valence-corrected chi connectivity index (χ3v) is 3.23. The summed E-state index contributed by atoms with van der Waals surface area (Å²) in [7, 11) is 1.64. The van der Waals surface area contributed by atoms with Gasteiger partial charge >= 0.3 is 0 Å². The summed E-state index contributed by atoms with van der Waals surface area (Å²) in [6, 6.07) is 13.4. The van der Waals surface area contributed by atoms with Crippen molar-refractivity contribution in [3.63, 3.8) is 0 Å². The van der Waals surface area contributed by atoms with Crippen LogP contribution in [0.5, 0.6) is 17.2 Å². The highest BCUT2D eigenvalue weighted by atomic mass is 16.5. The molecular weight excluding hydrogens is 304 g/mol. The summed E-state index contributed by atoms with van der Waals surface area (Å²) in [5.41, 5.74) is 4.81. The van der Waals surface area contributed by atoms with Gasteiger partial charge in [-0.2, -0.15) is 5.10 Å². The molecule has 2 aromatic rings. The number of hydrogen-bond donors (Lipinski definition) is 1. The van der Waals surface area contributed by atoms with Crippen molar-refractivity contribution in [2.24, 2.45) is 5.10 Å². The number of anilines is 1. The first-order valence-corrected chi connectivity index (χ1v) is 8.09. The molecule has 0 aromatic heterocycles. The number of nitrogens with zero attached hydrogens (tertiary/aromatic N) is 1. The van der Waals surface area contributed by atoms with Gasteiger partial charge in [0, 0.05) is 0 Å². The van der Waals surface area contributed by atoms with E-state index in [0.29, 0.717) is 13.2 Å². The Balaban J connectivity index is 2.03. The molecule has 1 N–H and O–H groups in total. The predicted octanol–water partition coefficient (Wildman–Crippen LogP) is 4.33. The lowest BCUT2D eigenvalue weighted by atomic mass is 10.2. The molecule has 0 spiro atoms. The van der Waals surface area contributed by atoms with E-state index in [1.807, 2.05) is 49.4 Å². The van der Waals surface area contributed by atoms with E-state index in [1.54, 1.807) is 13.3 Å². The standard InChI is InChI=1S/C19H24N2O3/c1-4-12-24-18-11-6-15(13-19(18)23-5-2)14-20-21-16-7-9-17(22-3)10-8-16/h6-11,13-14,21H,4-5,12H2,1-3H3/b20-14+. The molecule has 0 amide bonds. The van der Waals surface area contributed by atoms with Crippen molar-refractivity contribution in [1.82, 2.24) is 0 Å². The molecule has 0 atom stereocenters. The molecule has 0 aliphatic rings. The van der Waals surface area contributed by atoms with E-state index in [9.17, 15) is 0 Å². The van der Waals surface area contributed by atoms with Crippen molar-refractivity contribution in [2.75, 3.05) is 25.7 Å². The van der Waals surface area contributed by atoms with Crippen molar-refractivity contribution < 1.29 is 14.2 Å². The summed E-state index contributed by atoms with van der Waals surface area (Å²) in [5, 5.41) is 4.25. The molecule has 2 rings (SSSR count). The zero-order chi connectivity index (χ0) is 17.2. The van der Waals surface area contributed by atoms with Gasteiger partial charge in [0.2, 0.25) is 0 Å². The van der Waals surface area contributed by atoms with E-state index in [1.165, 1.54) is 0 Å². The first kappa shape index (κ1) is 17.7. The molecule has 0 aliphatic carbocycles. The summed E-state index contributed by atoms with van der Waals surface area (Å²) in [6.07, 6.45) is 2.71. The Morgan fingerprint density at radius 1 is 1.00 bits per heavy atom. The molecule has 0 fully saturated rings. The summed E-state index contributed by atoms with van der Waals surface area (Å²) < 4.78 is 16.5. The quantitative estimate of drug-likeness (QED) is 0.550. The molecule has 0 radical (unpaired) electrons. The van der Waals surface area contributed by atoms with Crippen LogP contribution in [0, 0.1) is 0 Å². The lowest BCUT2D eigenvalue weighted by Gasteiger charge is -2.11. The third-order valence-electron chi connectivity index (χ3n) is 3.23. The fraction of sp³-hybridized carbons (Fsp3) is 0.316. The minimum absolute atomic E-state index is 0.590. The van der Waals surface area contributed by atoms with Crippen molar-refractivity contribution >= 4 is 11.9 Å². The largest absolute Gasteiger partial charge is 0.497 e. The maximum absolute atomic E-state index is 5.69. The average molecular weight is 328 g/mol. The van der Waals surface area contributed by atoms with E-state index in [-0.39, 0.29) is 0 Å². The summed E-state index contributed by atoms with van der Waals surface area (Å²) in [6.45, 7) is 5.29.